The summed E-state index contributed by atoms with van der Waals surface area (Å²) in [7, 11) is 1.66. The maximum Gasteiger partial charge on any atom is 0.433 e. The second-order valence-corrected chi connectivity index (χ2v) is 9.87. The van der Waals surface area contributed by atoms with Crippen molar-refractivity contribution in [3.05, 3.63) is 52.2 Å². The summed E-state index contributed by atoms with van der Waals surface area (Å²) in [6.07, 6.45) is -1.09. The number of carbonyl (C=O) groups is 2. The summed E-state index contributed by atoms with van der Waals surface area (Å²) in [5.74, 6) is -0.957. The molecule has 0 saturated carbocycles. The minimum atomic E-state index is -4.74. The molecule has 13 heteroatoms. The van der Waals surface area contributed by atoms with Crippen molar-refractivity contribution in [2.45, 2.75) is 32.5 Å². The average molecular weight is 533 g/mol. The van der Waals surface area contributed by atoms with Gasteiger partial charge in [-0.25, -0.2) is 4.98 Å². The Morgan fingerprint density at radius 3 is 2.57 bits per heavy atom. The number of nitrogens with zero attached hydrogens (tertiary/aromatic N) is 4. The second kappa shape index (κ2) is 9.30. The zero-order valence-electron chi connectivity index (χ0n) is 20.0. The zero-order chi connectivity index (χ0) is 26.5. The lowest BCUT2D eigenvalue weighted by atomic mass is 10.0. The van der Waals surface area contributed by atoms with Gasteiger partial charge in [0.2, 0.25) is 0 Å². The van der Waals surface area contributed by atoms with Crippen LogP contribution in [0.3, 0.4) is 0 Å². The van der Waals surface area contributed by atoms with Gasteiger partial charge in [0.05, 0.1) is 18.4 Å². The molecule has 0 atom stereocenters. The number of hydrogen-bond donors (Lipinski definition) is 2. The molecule has 5 rings (SSSR count). The van der Waals surface area contributed by atoms with Crippen molar-refractivity contribution in [2.75, 3.05) is 18.4 Å². The Morgan fingerprint density at radius 2 is 1.95 bits per heavy atom. The van der Waals surface area contributed by atoms with E-state index in [-0.39, 0.29) is 32.1 Å². The Labute approximate surface area is 213 Å². The average Bonchev–Trinajstić information content (AvgIpc) is 3.62. The van der Waals surface area contributed by atoms with E-state index in [1.807, 2.05) is 0 Å². The van der Waals surface area contributed by atoms with Gasteiger partial charge in [0.15, 0.2) is 5.76 Å². The van der Waals surface area contributed by atoms with Gasteiger partial charge in [0, 0.05) is 23.7 Å². The number of primary amides is 1. The Balaban J connectivity index is 1.60. The summed E-state index contributed by atoms with van der Waals surface area (Å²) in [6, 6.07) is 4.11. The first kappa shape index (κ1) is 25.0. The first-order valence-electron chi connectivity index (χ1n) is 11.5. The number of furan rings is 1. The first-order valence-corrected chi connectivity index (χ1v) is 12.3. The number of aromatic nitrogens is 3. The van der Waals surface area contributed by atoms with E-state index >= 15 is 0 Å². The minimum absolute atomic E-state index is 0.00273. The van der Waals surface area contributed by atoms with Crippen LogP contribution >= 0.6 is 11.3 Å². The van der Waals surface area contributed by atoms with E-state index in [0.717, 1.165) is 32.0 Å². The summed E-state index contributed by atoms with van der Waals surface area (Å²) in [6.45, 7) is 4.17. The summed E-state index contributed by atoms with van der Waals surface area (Å²) < 4.78 is 48.4. The molecule has 0 spiro atoms. The van der Waals surface area contributed by atoms with Gasteiger partial charge in [0.25, 0.3) is 11.8 Å². The molecule has 2 amide bonds. The molecule has 0 radical (unpaired) electrons. The molecular formula is C24H23F3N6O3S. The molecule has 0 aromatic carbocycles. The minimum Gasteiger partial charge on any atom is -0.455 e. The van der Waals surface area contributed by atoms with Crippen LogP contribution in [-0.4, -0.2) is 44.6 Å². The highest BCUT2D eigenvalue weighted by atomic mass is 32.1. The number of amides is 2. The van der Waals surface area contributed by atoms with Gasteiger partial charge in [-0.1, -0.05) is 0 Å². The molecule has 37 heavy (non-hydrogen) atoms. The van der Waals surface area contributed by atoms with Crippen molar-refractivity contribution in [1.82, 2.24) is 19.7 Å². The molecule has 194 valence electrons. The van der Waals surface area contributed by atoms with Gasteiger partial charge in [-0.05, 0) is 56.6 Å². The predicted octanol–water partition coefficient (Wildman–Crippen LogP) is 4.56. The summed E-state index contributed by atoms with van der Waals surface area (Å²) in [5.41, 5.74) is 5.51. The Bertz CT molecular complexity index is 1510. The van der Waals surface area contributed by atoms with Crippen LogP contribution < -0.4 is 11.1 Å². The lowest BCUT2D eigenvalue weighted by Gasteiger charge is -2.12. The molecule has 4 aromatic rings. The van der Waals surface area contributed by atoms with Crippen LogP contribution in [0, 0.1) is 6.92 Å². The zero-order valence-corrected chi connectivity index (χ0v) is 20.8. The lowest BCUT2D eigenvalue weighted by molar-refractivity contribution is -0.140. The molecule has 4 aromatic heterocycles. The van der Waals surface area contributed by atoms with Crippen LogP contribution in [0.5, 0.6) is 0 Å². The van der Waals surface area contributed by atoms with Gasteiger partial charge >= 0.3 is 6.18 Å². The van der Waals surface area contributed by atoms with Gasteiger partial charge in [-0.3, -0.25) is 19.2 Å². The quantitative estimate of drug-likeness (QED) is 0.376. The summed E-state index contributed by atoms with van der Waals surface area (Å²) in [4.78, 5) is 31.2. The molecule has 1 aliphatic heterocycles. The highest BCUT2D eigenvalue weighted by Crippen LogP contribution is 2.44. The molecule has 1 saturated heterocycles. The number of hydrogen-bond acceptors (Lipinski definition) is 7. The van der Waals surface area contributed by atoms with Crippen LogP contribution in [0.15, 0.2) is 28.8 Å². The molecule has 1 aliphatic rings. The van der Waals surface area contributed by atoms with E-state index in [1.165, 1.54) is 16.9 Å². The van der Waals surface area contributed by atoms with Crippen molar-refractivity contribution in [3.63, 3.8) is 0 Å². The summed E-state index contributed by atoms with van der Waals surface area (Å²) in [5, 5.41) is 6.95. The van der Waals surface area contributed by atoms with E-state index in [9.17, 15) is 22.8 Å². The first-order chi connectivity index (χ1) is 17.5. The number of thiophene rings is 1. The number of rotatable bonds is 6. The fourth-order valence-corrected chi connectivity index (χ4v) is 5.44. The molecule has 5 heterocycles. The fourth-order valence-electron chi connectivity index (χ4n) is 4.43. The fraction of sp³-hybridized carbons (Fsp3) is 0.333. The van der Waals surface area contributed by atoms with Crippen LogP contribution in [0.1, 0.15) is 50.2 Å². The largest absolute Gasteiger partial charge is 0.455 e. The number of nitrogens with one attached hydrogen (secondary N) is 1. The van der Waals surface area contributed by atoms with E-state index in [2.05, 4.69) is 20.3 Å². The highest BCUT2D eigenvalue weighted by molar-refractivity contribution is 7.21. The van der Waals surface area contributed by atoms with Crippen LogP contribution in [-0.2, 0) is 19.8 Å². The molecule has 0 unspecified atom stereocenters. The third kappa shape index (κ3) is 4.71. The van der Waals surface area contributed by atoms with Crippen LogP contribution in [0.2, 0.25) is 0 Å². The molecule has 3 N–H and O–H groups in total. The standard InChI is InChI=1S/C24H23F3N6O3S/c1-12-15(10-29-32(12)2)14-9-17(24(25,26)27)30-23-18(14)19(20(37-23)21(28)34)31-22(35)16-6-5-13(36-16)11-33-7-3-4-8-33/h5-6,9-10H,3-4,7-8,11H2,1-2H3,(H2,28,34)(H,31,35). The Hall–Kier alpha value is -3.71. The third-order valence-corrected chi connectivity index (χ3v) is 7.50. The van der Waals surface area contributed by atoms with Crippen molar-refractivity contribution in [2.24, 2.45) is 12.8 Å². The van der Waals surface area contributed by atoms with Crippen molar-refractivity contribution in [1.29, 1.82) is 0 Å². The van der Waals surface area contributed by atoms with Crippen LogP contribution in [0.25, 0.3) is 21.3 Å². The number of likely N-dealkylation sites (tertiary alicyclic amines) is 1. The van der Waals surface area contributed by atoms with E-state index in [0.29, 0.717) is 34.9 Å². The summed E-state index contributed by atoms with van der Waals surface area (Å²) >= 11 is 0.683. The Kier molecular flexibility index (Phi) is 6.28. The lowest BCUT2D eigenvalue weighted by Crippen LogP contribution is -2.18. The van der Waals surface area contributed by atoms with Crippen molar-refractivity contribution >= 4 is 39.1 Å². The molecule has 1 fully saturated rings. The van der Waals surface area contributed by atoms with Gasteiger partial charge in [0.1, 0.15) is 21.2 Å². The number of pyridine rings is 1. The number of fused-ring (bicyclic) bond motifs is 1. The van der Waals surface area contributed by atoms with Crippen LogP contribution in [0.4, 0.5) is 18.9 Å². The predicted molar refractivity (Wildman–Crippen MR) is 131 cm³/mol. The number of aryl methyl sites for hydroxylation is 1. The monoisotopic (exact) mass is 532 g/mol. The number of nitrogens with two attached hydrogens (primary N) is 1. The van der Waals surface area contributed by atoms with E-state index in [4.69, 9.17) is 10.2 Å². The maximum absolute atomic E-state index is 13.7. The van der Waals surface area contributed by atoms with Crippen molar-refractivity contribution in [3.8, 4) is 11.1 Å². The van der Waals surface area contributed by atoms with Gasteiger partial charge < -0.3 is 15.5 Å². The molecule has 0 bridgehead atoms. The number of carbonyl (C=O) groups excluding carboxylic acids is 2. The second-order valence-electron chi connectivity index (χ2n) is 8.87. The Morgan fingerprint density at radius 1 is 1.22 bits per heavy atom. The molecule has 0 aliphatic carbocycles. The van der Waals surface area contributed by atoms with E-state index in [1.54, 1.807) is 20.0 Å². The van der Waals surface area contributed by atoms with Gasteiger partial charge in [-0.15, -0.1) is 11.3 Å². The molecular weight excluding hydrogens is 509 g/mol. The van der Waals surface area contributed by atoms with Crippen molar-refractivity contribution < 1.29 is 27.2 Å². The molecule has 9 nitrogen and oxygen atoms in total. The topological polar surface area (TPSA) is 119 Å². The number of halogens is 3. The van der Waals surface area contributed by atoms with E-state index < -0.39 is 23.7 Å². The normalized spacial score (nSPS) is 14.5. The SMILES string of the molecule is Cc1c(-c2cc(C(F)(F)F)nc3sc(C(N)=O)c(NC(=O)c4ccc(CN5CCCC5)o4)c23)cnn1C. The third-order valence-electron chi connectivity index (χ3n) is 6.40. The van der Waals surface area contributed by atoms with Gasteiger partial charge in [-0.2, -0.15) is 18.3 Å². The highest BCUT2D eigenvalue weighted by Gasteiger charge is 2.35. The maximum atomic E-state index is 13.7. The number of alkyl halides is 3. The number of anilines is 1. The smallest absolute Gasteiger partial charge is 0.433 e.